The molecule has 1 amide bonds. The van der Waals surface area contributed by atoms with Gasteiger partial charge >= 0.3 is 0 Å². The molecule has 3 N–H and O–H groups in total. The number of carbonyl (C=O) groups excluding carboxylic acids is 1. The lowest BCUT2D eigenvalue weighted by atomic mass is 10.1. The summed E-state index contributed by atoms with van der Waals surface area (Å²) in [6.45, 7) is 2.59. The second-order valence-corrected chi connectivity index (χ2v) is 6.23. The third-order valence-corrected chi connectivity index (χ3v) is 4.15. The van der Waals surface area contributed by atoms with Crippen molar-refractivity contribution < 1.29 is 14.3 Å². The van der Waals surface area contributed by atoms with Gasteiger partial charge in [-0.05, 0) is 46.1 Å². The maximum Gasteiger partial charge on any atom is 0.255 e. The van der Waals surface area contributed by atoms with Crippen LogP contribution in [0.5, 0.6) is 11.5 Å². The molecule has 2 aromatic carbocycles. The Balaban J connectivity index is 2.08. The van der Waals surface area contributed by atoms with Crippen molar-refractivity contribution in [3.05, 3.63) is 58.1 Å². The lowest BCUT2D eigenvalue weighted by molar-refractivity contribution is -0.119. The van der Waals surface area contributed by atoms with E-state index < -0.39 is 5.91 Å². The molecule has 0 saturated heterocycles. The number of halogens is 1. The molecular weight excluding hydrogens is 372 g/mol. The summed E-state index contributed by atoms with van der Waals surface area (Å²) in [4.78, 5) is 10.9. The van der Waals surface area contributed by atoms with Gasteiger partial charge < -0.3 is 20.5 Å². The Morgan fingerprint density at radius 2 is 2.00 bits per heavy atom. The average Bonchev–Trinajstić information content (AvgIpc) is 2.58. The van der Waals surface area contributed by atoms with Crippen molar-refractivity contribution in [3.8, 4) is 11.5 Å². The number of nitrogens with two attached hydrogens (primary N) is 1. The normalized spacial score (nSPS) is 11.8. The molecule has 0 aliphatic carbocycles. The summed E-state index contributed by atoms with van der Waals surface area (Å²) >= 11 is 3.46. The maximum atomic E-state index is 10.9. The Hall–Kier alpha value is -2.05. The van der Waals surface area contributed by atoms with E-state index in [-0.39, 0.29) is 12.6 Å². The molecule has 0 heterocycles. The van der Waals surface area contributed by atoms with Crippen molar-refractivity contribution in [2.24, 2.45) is 5.73 Å². The van der Waals surface area contributed by atoms with Crippen LogP contribution in [0, 0.1) is 0 Å². The van der Waals surface area contributed by atoms with Crippen LogP contribution in [0.25, 0.3) is 0 Å². The average molecular weight is 393 g/mol. The van der Waals surface area contributed by atoms with Gasteiger partial charge in [-0.1, -0.05) is 30.3 Å². The highest BCUT2D eigenvalue weighted by molar-refractivity contribution is 9.10. The number of amides is 1. The van der Waals surface area contributed by atoms with E-state index >= 15 is 0 Å². The molecule has 0 aliphatic rings. The molecular formula is C18H21BrN2O3. The molecule has 0 aliphatic heterocycles. The van der Waals surface area contributed by atoms with E-state index in [9.17, 15) is 4.79 Å². The number of carbonyl (C=O) groups is 1. The molecule has 0 fully saturated rings. The van der Waals surface area contributed by atoms with Crippen molar-refractivity contribution in [1.29, 1.82) is 0 Å². The first-order valence-corrected chi connectivity index (χ1v) is 8.36. The fourth-order valence-electron chi connectivity index (χ4n) is 2.29. The van der Waals surface area contributed by atoms with E-state index in [4.69, 9.17) is 15.2 Å². The molecule has 0 saturated carbocycles. The van der Waals surface area contributed by atoms with E-state index in [1.807, 2.05) is 30.3 Å². The summed E-state index contributed by atoms with van der Waals surface area (Å²) in [6.07, 6.45) is 0. The number of rotatable bonds is 8. The zero-order chi connectivity index (χ0) is 17.5. The lowest BCUT2D eigenvalue weighted by Gasteiger charge is -2.17. The van der Waals surface area contributed by atoms with Crippen LogP contribution >= 0.6 is 15.9 Å². The van der Waals surface area contributed by atoms with Crippen molar-refractivity contribution >= 4 is 21.8 Å². The minimum Gasteiger partial charge on any atom is -0.493 e. The van der Waals surface area contributed by atoms with Crippen molar-refractivity contribution in [1.82, 2.24) is 5.32 Å². The van der Waals surface area contributed by atoms with E-state index in [2.05, 4.69) is 40.3 Å². The first-order chi connectivity index (χ1) is 11.5. The molecule has 0 aromatic heterocycles. The maximum absolute atomic E-state index is 10.9. The Bertz CT molecular complexity index is 692. The number of nitrogens with one attached hydrogen (secondary N) is 1. The molecule has 5 nitrogen and oxygen atoms in total. The van der Waals surface area contributed by atoms with Gasteiger partial charge in [0.25, 0.3) is 5.91 Å². The van der Waals surface area contributed by atoms with Gasteiger partial charge in [-0.25, -0.2) is 0 Å². The fourth-order valence-corrected chi connectivity index (χ4v) is 2.89. The molecule has 1 atom stereocenters. The Morgan fingerprint density at radius 3 is 2.62 bits per heavy atom. The minimum atomic E-state index is -0.536. The van der Waals surface area contributed by atoms with Crippen molar-refractivity contribution in [3.63, 3.8) is 0 Å². The van der Waals surface area contributed by atoms with Gasteiger partial charge in [0.15, 0.2) is 18.1 Å². The van der Waals surface area contributed by atoms with Gasteiger partial charge in [-0.15, -0.1) is 0 Å². The number of ether oxygens (including phenoxy) is 2. The van der Waals surface area contributed by atoms with Crippen LogP contribution in [0.15, 0.2) is 46.9 Å². The number of benzene rings is 2. The zero-order valence-corrected chi connectivity index (χ0v) is 15.3. The molecule has 1 unspecified atom stereocenters. The lowest BCUT2D eigenvalue weighted by Crippen LogP contribution is -2.20. The van der Waals surface area contributed by atoms with Crippen molar-refractivity contribution in [2.75, 3.05) is 13.7 Å². The van der Waals surface area contributed by atoms with E-state index in [0.29, 0.717) is 22.5 Å². The van der Waals surface area contributed by atoms with Crippen LogP contribution < -0.4 is 20.5 Å². The smallest absolute Gasteiger partial charge is 0.255 e. The highest BCUT2D eigenvalue weighted by atomic mass is 79.9. The topological polar surface area (TPSA) is 73.6 Å². The molecule has 0 bridgehead atoms. The standard InChI is InChI=1S/C18H21BrN2O3/c1-12(14-6-4-3-5-7-14)21-10-13-8-15(19)18(16(9-13)23-2)24-11-17(20)22/h3-9,12,21H,10-11H2,1-2H3,(H2,20,22). The van der Waals surface area contributed by atoms with Crippen LogP contribution in [-0.4, -0.2) is 19.6 Å². The van der Waals surface area contributed by atoms with Crippen molar-refractivity contribution in [2.45, 2.75) is 19.5 Å². The predicted molar refractivity (Wildman–Crippen MR) is 97.1 cm³/mol. The van der Waals surface area contributed by atoms with E-state index in [0.717, 1.165) is 5.56 Å². The summed E-state index contributed by atoms with van der Waals surface area (Å²) in [5, 5.41) is 3.47. The van der Waals surface area contributed by atoms with Gasteiger partial charge in [0, 0.05) is 12.6 Å². The third-order valence-electron chi connectivity index (χ3n) is 3.56. The Morgan fingerprint density at radius 1 is 1.29 bits per heavy atom. The number of hydrogen-bond donors (Lipinski definition) is 2. The second-order valence-electron chi connectivity index (χ2n) is 5.38. The largest absolute Gasteiger partial charge is 0.493 e. The number of primary amides is 1. The highest BCUT2D eigenvalue weighted by Gasteiger charge is 2.13. The van der Waals surface area contributed by atoms with Gasteiger partial charge in [-0.3, -0.25) is 4.79 Å². The minimum absolute atomic E-state index is 0.197. The monoisotopic (exact) mass is 392 g/mol. The zero-order valence-electron chi connectivity index (χ0n) is 13.7. The summed E-state index contributed by atoms with van der Waals surface area (Å²) < 4.78 is 11.5. The Labute approximate surface area is 150 Å². The van der Waals surface area contributed by atoms with Gasteiger partial charge in [-0.2, -0.15) is 0 Å². The molecule has 6 heteroatoms. The molecule has 2 aromatic rings. The van der Waals surface area contributed by atoms with E-state index in [1.54, 1.807) is 7.11 Å². The SMILES string of the molecule is COc1cc(CNC(C)c2ccccc2)cc(Br)c1OCC(N)=O. The highest BCUT2D eigenvalue weighted by Crippen LogP contribution is 2.36. The predicted octanol–water partition coefficient (Wildman–Crippen LogP) is 3.17. The summed E-state index contributed by atoms with van der Waals surface area (Å²) in [5.74, 6) is 0.484. The summed E-state index contributed by atoms with van der Waals surface area (Å²) in [5.41, 5.74) is 7.38. The molecule has 0 radical (unpaired) electrons. The van der Waals surface area contributed by atoms with Crippen LogP contribution in [0.3, 0.4) is 0 Å². The second kappa shape index (κ2) is 8.70. The summed E-state index contributed by atoms with van der Waals surface area (Å²) in [6, 6.07) is 14.3. The molecule has 24 heavy (non-hydrogen) atoms. The Kier molecular flexibility index (Phi) is 6.63. The van der Waals surface area contributed by atoms with Crippen LogP contribution in [0.4, 0.5) is 0 Å². The van der Waals surface area contributed by atoms with Gasteiger partial charge in [0.05, 0.1) is 11.6 Å². The van der Waals surface area contributed by atoms with Gasteiger partial charge in [0.2, 0.25) is 0 Å². The van der Waals surface area contributed by atoms with Crippen LogP contribution in [0.1, 0.15) is 24.1 Å². The van der Waals surface area contributed by atoms with Gasteiger partial charge in [0.1, 0.15) is 0 Å². The van der Waals surface area contributed by atoms with Crippen LogP contribution in [-0.2, 0) is 11.3 Å². The first-order valence-electron chi connectivity index (χ1n) is 7.57. The fraction of sp³-hybridized carbons (Fsp3) is 0.278. The number of hydrogen-bond acceptors (Lipinski definition) is 4. The first kappa shape index (κ1) is 18.3. The third kappa shape index (κ3) is 4.97. The summed E-state index contributed by atoms with van der Waals surface area (Å²) in [7, 11) is 1.56. The van der Waals surface area contributed by atoms with Crippen LogP contribution in [0.2, 0.25) is 0 Å². The molecule has 128 valence electrons. The molecule has 0 spiro atoms. The van der Waals surface area contributed by atoms with E-state index in [1.165, 1.54) is 5.56 Å². The number of methoxy groups -OCH3 is 1. The molecule has 2 rings (SSSR count). The quantitative estimate of drug-likeness (QED) is 0.723.